The van der Waals surface area contributed by atoms with Crippen molar-refractivity contribution in [2.45, 2.75) is 18.7 Å². The molecule has 32 heavy (non-hydrogen) atoms. The van der Waals surface area contributed by atoms with Crippen molar-refractivity contribution in [2.24, 2.45) is 7.05 Å². The molecule has 0 spiro atoms. The van der Waals surface area contributed by atoms with Crippen LogP contribution < -0.4 is 10.1 Å². The highest BCUT2D eigenvalue weighted by Gasteiger charge is 2.13. The average molecular weight is 532 g/mol. The Kier molecular flexibility index (Phi) is 7.03. The van der Waals surface area contributed by atoms with Crippen LogP contribution in [0.1, 0.15) is 11.4 Å². The number of thioether (sulfide) groups is 1. The first kappa shape index (κ1) is 22.6. The summed E-state index contributed by atoms with van der Waals surface area (Å²) >= 11 is 10.7. The number of fused-ring (bicyclic) bond motifs is 1. The third-order valence-electron chi connectivity index (χ3n) is 4.97. The smallest absolute Gasteiger partial charge is 0.234 e. The van der Waals surface area contributed by atoms with E-state index in [0.717, 1.165) is 21.2 Å². The second kappa shape index (κ2) is 9.94. The third kappa shape index (κ3) is 5.09. The van der Waals surface area contributed by atoms with Gasteiger partial charge in [0.1, 0.15) is 12.4 Å². The molecule has 3 aromatic carbocycles. The first-order valence-electron chi connectivity index (χ1n) is 9.79. The van der Waals surface area contributed by atoms with E-state index in [0.29, 0.717) is 21.7 Å². The van der Waals surface area contributed by atoms with Gasteiger partial charge in [0.25, 0.3) is 0 Å². The third-order valence-corrected chi connectivity index (χ3v) is 7.22. The number of rotatable bonds is 7. The molecule has 4 aromatic rings. The van der Waals surface area contributed by atoms with Crippen LogP contribution in [0.3, 0.4) is 0 Å². The quantitative estimate of drug-likeness (QED) is 0.296. The van der Waals surface area contributed by atoms with Crippen molar-refractivity contribution >= 4 is 61.7 Å². The molecule has 0 atom stereocenters. The molecule has 9 heteroatoms. The number of aromatic nitrogens is 3. The lowest BCUT2D eigenvalue weighted by molar-refractivity contribution is -0.113. The number of nitrogens with zero attached hydrogens (tertiary/aromatic N) is 3. The Morgan fingerprint density at radius 2 is 2.00 bits per heavy atom. The van der Waals surface area contributed by atoms with Crippen LogP contribution in [0.5, 0.6) is 5.75 Å². The van der Waals surface area contributed by atoms with Crippen LogP contribution in [0.25, 0.3) is 10.8 Å². The van der Waals surface area contributed by atoms with E-state index in [2.05, 4.69) is 43.6 Å². The monoisotopic (exact) mass is 530 g/mol. The maximum Gasteiger partial charge on any atom is 0.234 e. The number of aryl methyl sites for hydroxylation is 1. The lowest BCUT2D eigenvalue weighted by Crippen LogP contribution is -2.14. The number of anilines is 1. The van der Waals surface area contributed by atoms with Crippen molar-refractivity contribution in [1.82, 2.24) is 14.8 Å². The van der Waals surface area contributed by atoms with Gasteiger partial charge >= 0.3 is 0 Å². The number of hydrogen-bond donors (Lipinski definition) is 1. The number of halogens is 2. The van der Waals surface area contributed by atoms with Crippen molar-refractivity contribution in [3.8, 4) is 5.75 Å². The molecule has 4 rings (SSSR count). The van der Waals surface area contributed by atoms with Crippen molar-refractivity contribution in [3.63, 3.8) is 0 Å². The summed E-state index contributed by atoms with van der Waals surface area (Å²) in [6, 6.07) is 17.5. The van der Waals surface area contributed by atoms with Gasteiger partial charge in [-0.15, -0.1) is 10.2 Å². The van der Waals surface area contributed by atoms with Gasteiger partial charge in [-0.3, -0.25) is 4.79 Å². The Morgan fingerprint density at radius 3 is 2.81 bits per heavy atom. The number of nitrogens with one attached hydrogen (secondary N) is 1. The zero-order valence-electron chi connectivity index (χ0n) is 17.4. The molecular formula is C23H20BrClN4O2S. The number of hydrogen-bond acceptors (Lipinski definition) is 5. The van der Waals surface area contributed by atoms with Crippen LogP contribution in [0.2, 0.25) is 5.02 Å². The van der Waals surface area contributed by atoms with E-state index in [-0.39, 0.29) is 18.3 Å². The summed E-state index contributed by atoms with van der Waals surface area (Å²) in [4.78, 5) is 12.3. The maximum atomic E-state index is 12.3. The normalized spacial score (nSPS) is 11.0. The van der Waals surface area contributed by atoms with Crippen molar-refractivity contribution in [2.75, 3.05) is 11.1 Å². The molecule has 0 radical (unpaired) electrons. The van der Waals surface area contributed by atoms with Crippen molar-refractivity contribution < 1.29 is 9.53 Å². The van der Waals surface area contributed by atoms with Crippen molar-refractivity contribution in [3.05, 3.63) is 75.5 Å². The fourth-order valence-corrected chi connectivity index (χ4v) is 4.36. The lowest BCUT2D eigenvalue weighted by Gasteiger charge is -2.11. The summed E-state index contributed by atoms with van der Waals surface area (Å²) in [5.74, 6) is 1.54. The second-order valence-electron chi connectivity index (χ2n) is 7.12. The van der Waals surface area contributed by atoms with Gasteiger partial charge in [0, 0.05) is 17.2 Å². The minimum atomic E-state index is -0.152. The summed E-state index contributed by atoms with van der Waals surface area (Å²) in [6.45, 7) is 2.33. The molecule has 0 unspecified atom stereocenters. The average Bonchev–Trinajstić information content (AvgIpc) is 3.14. The SMILES string of the molecule is Cc1c(OCc2nnc(SCC(=O)Nc3ccc(Br)c(Cl)c3)n2C)ccc2ccccc12. The van der Waals surface area contributed by atoms with Gasteiger partial charge in [0.15, 0.2) is 11.0 Å². The van der Waals surface area contributed by atoms with Gasteiger partial charge in [0.05, 0.1) is 10.8 Å². The second-order valence-corrected chi connectivity index (χ2v) is 9.33. The van der Waals surface area contributed by atoms with Crippen LogP contribution in [0.15, 0.2) is 64.2 Å². The summed E-state index contributed by atoms with van der Waals surface area (Å²) in [7, 11) is 1.86. The van der Waals surface area contributed by atoms with Crippen LogP contribution in [0.4, 0.5) is 5.69 Å². The Hall–Kier alpha value is -2.55. The molecule has 0 fully saturated rings. The molecule has 0 aliphatic rings. The van der Waals surface area contributed by atoms with Crippen LogP contribution in [0, 0.1) is 6.92 Å². The highest BCUT2D eigenvalue weighted by atomic mass is 79.9. The molecule has 1 N–H and O–H groups in total. The zero-order valence-corrected chi connectivity index (χ0v) is 20.6. The minimum absolute atomic E-state index is 0.152. The fraction of sp³-hybridized carbons (Fsp3) is 0.174. The largest absolute Gasteiger partial charge is 0.485 e. The van der Waals surface area contributed by atoms with Gasteiger partial charge in [0.2, 0.25) is 5.91 Å². The number of amides is 1. The molecule has 0 bridgehead atoms. The van der Waals surface area contributed by atoms with E-state index in [1.165, 1.54) is 17.1 Å². The van der Waals surface area contributed by atoms with Crippen LogP contribution in [-0.2, 0) is 18.4 Å². The number of benzene rings is 3. The minimum Gasteiger partial charge on any atom is -0.485 e. The number of ether oxygens (including phenoxy) is 1. The molecule has 0 saturated heterocycles. The van der Waals surface area contributed by atoms with Crippen LogP contribution >= 0.6 is 39.3 Å². The summed E-state index contributed by atoms with van der Waals surface area (Å²) in [6.07, 6.45) is 0. The molecular weight excluding hydrogens is 512 g/mol. The molecule has 0 aliphatic carbocycles. The Bertz CT molecular complexity index is 1290. The Morgan fingerprint density at radius 1 is 1.19 bits per heavy atom. The summed E-state index contributed by atoms with van der Waals surface area (Å²) < 4.78 is 8.64. The van der Waals surface area contributed by atoms with Gasteiger partial charge < -0.3 is 14.6 Å². The fourth-order valence-electron chi connectivity index (χ4n) is 3.20. The van der Waals surface area contributed by atoms with E-state index in [9.17, 15) is 4.79 Å². The first-order chi connectivity index (χ1) is 15.4. The molecule has 164 valence electrons. The molecule has 1 heterocycles. The first-order valence-corrected chi connectivity index (χ1v) is 11.9. The Labute approximate surface area is 203 Å². The van der Waals surface area contributed by atoms with E-state index in [4.69, 9.17) is 16.3 Å². The van der Waals surface area contributed by atoms with E-state index in [1.807, 2.05) is 42.8 Å². The van der Waals surface area contributed by atoms with Gasteiger partial charge in [-0.2, -0.15) is 0 Å². The summed E-state index contributed by atoms with van der Waals surface area (Å²) in [5, 5.41) is 14.8. The number of carbonyl (C=O) groups excluding carboxylic acids is 1. The molecule has 6 nitrogen and oxygen atoms in total. The highest BCUT2D eigenvalue weighted by molar-refractivity contribution is 9.10. The Balaban J connectivity index is 1.35. The maximum absolute atomic E-state index is 12.3. The molecule has 0 saturated carbocycles. The van der Waals surface area contributed by atoms with Gasteiger partial charge in [-0.1, -0.05) is 53.7 Å². The molecule has 1 amide bonds. The standard InChI is InChI=1S/C23H20BrClN4O2S/c1-14-17-6-4-3-5-15(17)7-10-20(14)31-12-21-27-28-23(29(21)2)32-13-22(30)26-16-8-9-18(24)19(25)11-16/h3-11H,12-13H2,1-2H3,(H,26,30). The summed E-state index contributed by atoms with van der Waals surface area (Å²) in [5.41, 5.74) is 1.73. The van der Waals surface area contributed by atoms with Gasteiger partial charge in [-0.25, -0.2) is 0 Å². The topological polar surface area (TPSA) is 69.0 Å². The zero-order chi connectivity index (χ0) is 22.7. The number of carbonyl (C=O) groups is 1. The van der Waals surface area contributed by atoms with E-state index in [1.54, 1.807) is 18.2 Å². The predicted octanol–water partition coefficient (Wildman–Crippen LogP) is 6.00. The van der Waals surface area contributed by atoms with E-state index >= 15 is 0 Å². The van der Waals surface area contributed by atoms with E-state index < -0.39 is 0 Å². The van der Waals surface area contributed by atoms with Crippen molar-refractivity contribution in [1.29, 1.82) is 0 Å². The van der Waals surface area contributed by atoms with Crippen LogP contribution in [-0.4, -0.2) is 26.4 Å². The lowest BCUT2D eigenvalue weighted by atomic mass is 10.0. The highest BCUT2D eigenvalue weighted by Crippen LogP contribution is 2.28. The molecule has 1 aromatic heterocycles. The predicted molar refractivity (Wildman–Crippen MR) is 133 cm³/mol. The van der Waals surface area contributed by atoms with Gasteiger partial charge in [-0.05, 0) is 63.5 Å². The molecule has 0 aliphatic heterocycles.